The summed E-state index contributed by atoms with van der Waals surface area (Å²) in [6.07, 6.45) is 0.368. The predicted molar refractivity (Wildman–Crippen MR) is 48.5 cm³/mol. The van der Waals surface area contributed by atoms with Crippen molar-refractivity contribution < 1.29 is 23.9 Å². The summed E-state index contributed by atoms with van der Waals surface area (Å²) in [5.41, 5.74) is 1.02. The summed E-state index contributed by atoms with van der Waals surface area (Å²) >= 11 is 0. The van der Waals surface area contributed by atoms with E-state index >= 15 is 0 Å². The molecule has 0 aliphatic heterocycles. The van der Waals surface area contributed by atoms with E-state index in [1.807, 2.05) is 0 Å². The predicted octanol–water partition coefficient (Wildman–Crippen LogP) is 1.23. The Labute approximate surface area is 84.4 Å². The minimum atomic E-state index is -0.858. The molecule has 2 N–H and O–H groups in total. The second-order valence-corrected chi connectivity index (χ2v) is 2.64. The molecule has 0 atom stereocenters. The van der Waals surface area contributed by atoms with E-state index in [0.717, 1.165) is 19.2 Å². The number of nitrogens with one attached hydrogen (secondary N) is 1. The van der Waals surface area contributed by atoms with E-state index in [1.165, 1.54) is 0 Å². The van der Waals surface area contributed by atoms with Crippen LogP contribution in [0.2, 0.25) is 0 Å². The van der Waals surface area contributed by atoms with Crippen molar-refractivity contribution in [1.82, 2.24) is 0 Å². The lowest BCUT2D eigenvalue weighted by Crippen LogP contribution is -2.07. The maximum Gasteiger partial charge on any atom is 0.338 e. The second-order valence-electron chi connectivity index (χ2n) is 2.64. The van der Waals surface area contributed by atoms with Crippen LogP contribution in [0.15, 0.2) is 12.1 Å². The number of carbonyl (C=O) groups excluding carboxylic acids is 2. The van der Waals surface area contributed by atoms with Gasteiger partial charge in [0.15, 0.2) is 6.29 Å². The number of esters is 1. The molecule has 5 nitrogen and oxygen atoms in total. The van der Waals surface area contributed by atoms with Crippen LogP contribution < -0.4 is 5.48 Å². The first-order valence-electron chi connectivity index (χ1n) is 3.91. The molecule has 1 aromatic carbocycles. The van der Waals surface area contributed by atoms with E-state index in [2.05, 4.69) is 4.74 Å². The Hall–Kier alpha value is -1.95. The molecular weight excluding hydrogens is 205 g/mol. The van der Waals surface area contributed by atoms with Crippen LogP contribution in [-0.2, 0) is 4.74 Å². The summed E-state index contributed by atoms with van der Waals surface area (Å²) in [6, 6.07) is 1.82. The van der Waals surface area contributed by atoms with E-state index in [0.29, 0.717) is 6.29 Å². The van der Waals surface area contributed by atoms with Gasteiger partial charge in [-0.25, -0.2) is 9.18 Å². The number of ether oxygens (including phenoxy) is 1. The summed E-state index contributed by atoms with van der Waals surface area (Å²) in [6.45, 7) is 0. The Morgan fingerprint density at radius 2 is 2.27 bits per heavy atom. The van der Waals surface area contributed by atoms with Crippen LogP contribution in [0.3, 0.4) is 0 Å². The molecule has 0 aromatic heterocycles. The topological polar surface area (TPSA) is 75.6 Å². The van der Waals surface area contributed by atoms with Gasteiger partial charge >= 0.3 is 5.97 Å². The largest absolute Gasteiger partial charge is 0.465 e. The van der Waals surface area contributed by atoms with Crippen LogP contribution in [0.5, 0.6) is 0 Å². The van der Waals surface area contributed by atoms with Crippen LogP contribution in [0, 0.1) is 5.82 Å². The second kappa shape index (κ2) is 4.52. The molecule has 0 bridgehead atoms. The average molecular weight is 213 g/mol. The molecule has 0 aliphatic rings. The van der Waals surface area contributed by atoms with Gasteiger partial charge in [0.2, 0.25) is 0 Å². The number of benzene rings is 1. The number of anilines is 1. The zero-order valence-corrected chi connectivity index (χ0v) is 7.78. The molecule has 0 saturated heterocycles. The van der Waals surface area contributed by atoms with Gasteiger partial charge in [0.05, 0.1) is 18.4 Å². The number of hydrogen-bond acceptors (Lipinski definition) is 5. The van der Waals surface area contributed by atoms with Gasteiger partial charge in [0, 0.05) is 5.56 Å². The molecule has 0 spiro atoms. The zero-order chi connectivity index (χ0) is 11.4. The van der Waals surface area contributed by atoms with Crippen LogP contribution in [0.25, 0.3) is 0 Å². The molecule has 0 heterocycles. The van der Waals surface area contributed by atoms with Crippen molar-refractivity contribution in [3.05, 3.63) is 29.1 Å². The first kappa shape index (κ1) is 11.1. The van der Waals surface area contributed by atoms with Crippen molar-refractivity contribution in [3.63, 3.8) is 0 Å². The highest BCUT2D eigenvalue weighted by Gasteiger charge is 2.15. The van der Waals surface area contributed by atoms with E-state index in [1.54, 1.807) is 5.48 Å². The van der Waals surface area contributed by atoms with Gasteiger partial charge in [-0.2, -0.15) is 0 Å². The lowest BCUT2D eigenvalue weighted by molar-refractivity contribution is 0.0598. The first-order chi connectivity index (χ1) is 7.13. The van der Waals surface area contributed by atoms with Crippen LogP contribution in [0.1, 0.15) is 20.7 Å². The Morgan fingerprint density at radius 1 is 1.60 bits per heavy atom. The molecule has 80 valence electrons. The summed E-state index contributed by atoms with van der Waals surface area (Å²) in [7, 11) is 1.12. The van der Waals surface area contributed by atoms with Crippen molar-refractivity contribution in [1.29, 1.82) is 0 Å². The average Bonchev–Trinajstić information content (AvgIpc) is 2.27. The lowest BCUT2D eigenvalue weighted by Gasteiger charge is -2.06. The van der Waals surface area contributed by atoms with E-state index in [9.17, 15) is 14.0 Å². The maximum absolute atomic E-state index is 13.1. The normalized spacial score (nSPS) is 9.53. The van der Waals surface area contributed by atoms with Gasteiger partial charge in [-0.05, 0) is 12.1 Å². The van der Waals surface area contributed by atoms with Crippen molar-refractivity contribution >= 4 is 17.9 Å². The van der Waals surface area contributed by atoms with E-state index in [4.69, 9.17) is 5.21 Å². The van der Waals surface area contributed by atoms with Crippen molar-refractivity contribution in [2.24, 2.45) is 0 Å². The molecular formula is C9H8FNO4. The fourth-order valence-corrected chi connectivity index (χ4v) is 1.06. The first-order valence-corrected chi connectivity index (χ1v) is 3.91. The highest BCUT2D eigenvalue weighted by Crippen LogP contribution is 2.19. The Morgan fingerprint density at radius 3 is 2.73 bits per heavy atom. The zero-order valence-electron chi connectivity index (χ0n) is 7.78. The third-order valence-corrected chi connectivity index (χ3v) is 1.79. The van der Waals surface area contributed by atoms with Crippen LogP contribution in [-0.4, -0.2) is 24.6 Å². The molecule has 0 amide bonds. The summed E-state index contributed by atoms with van der Waals surface area (Å²) in [5.74, 6) is -1.68. The fraction of sp³-hybridized carbons (Fsp3) is 0.111. The third kappa shape index (κ3) is 2.10. The van der Waals surface area contributed by atoms with Gasteiger partial charge in [-0.15, -0.1) is 0 Å². The van der Waals surface area contributed by atoms with Gasteiger partial charge in [-0.3, -0.25) is 15.5 Å². The number of carbonyl (C=O) groups is 2. The number of rotatable bonds is 3. The molecule has 1 aromatic rings. The molecule has 0 aliphatic carbocycles. The smallest absolute Gasteiger partial charge is 0.338 e. The molecule has 0 saturated carbocycles. The molecule has 15 heavy (non-hydrogen) atoms. The molecule has 0 unspecified atom stereocenters. The molecule has 0 radical (unpaired) electrons. The van der Waals surface area contributed by atoms with Gasteiger partial charge in [0.1, 0.15) is 5.82 Å². The van der Waals surface area contributed by atoms with Crippen molar-refractivity contribution in [3.8, 4) is 0 Å². The quantitative estimate of drug-likeness (QED) is 0.448. The van der Waals surface area contributed by atoms with Gasteiger partial charge < -0.3 is 4.74 Å². The van der Waals surface area contributed by atoms with E-state index < -0.39 is 11.8 Å². The lowest BCUT2D eigenvalue weighted by atomic mass is 10.1. The summed E-state index contributed by atoms with van der Waals surface area (Å²) in [4.78, 5) is 21.7. The fourth-order valence-electron chi connectivity index (χ4n) is 1.06. The highest BCUT2D eigenvalue weighted by atomic mass is 19.1. The maximum atomic E-state index is 13.1. The number of halogens is 1. The van der Waals surface area contributed by atoms with Crippen molar-refractivity contribution in [2.75, 3.05) is 12.6 Å². The monoisotopic (exact) mass is 213 g/mol. The van der Waals surface area contributed by atoms with Gasteiger partial charge in [0.25, 0.3) is 0 Å². The minimum Gasteiger partial charge on any atom is -0.465 e. The van der Waals surface area contributed by atoms with Gasteiger partial charge in [-0.1, -0.05) is 0 Å². The summed E-state index contributed by atoms with van der Waals surface area (Å²) in [5, 5.41) is 8.50. The Kier molecular flexibility index (Phi) is 3.35. The highest BCUT2D eigenvalue weighted by molar-refractivity contribution is 5.99. The minimum absolute atomic E-state index is 0.0696. The number of hydrogen-bond donors (Lipinski definition) is 2. The molecule has 1 rings (SSSR count). The molecule has 0 fully saturated rings. The number of methoxy groups -OCH3 is 1. The molecule has 6 heteroatoms. The van der Waals surface area contributed by atoms with Crippen molar-refractivity contribution in [2.45, 2.75) is 0 Å². The van der Waals surface area contributed by atoms with E-state index in [-0.39, 0.29) is 16.8 Å². The standard InChI is InChI=1S/C9H8FNO4/c1-15-9(13)6-3-7(10)8(11-14)2-5(6)4-12/h2-4,11,14H,1H3. The third-order valence-electron chi connectivity index (χ3n) is 1.79. The Balaban J connectivity index is 3.33. The summed E-state index contributed by atoms with van der Waals surface area (Å²) < 4.78 is 17.5. The Bertz CT molecular complexity index is 405. The SMILES string of the molecule is COC(=O)c1cc(F)c(NO)cc1C=O. The van der Waals surface area contributed by atoms with Crippen LogP contribution in [0.4, 0.5) is 10.1 Å². The number of aldehydes is 1. The van der Waals surface area contributed by atoms with Crippen LogP contribution >= 0.6 is 0 Å².